The first-order chi connectivity index (χ1) is 9.70. The van der Waals surface area contributed by atoms with E-state index >= 15 is 0 Å². The molecule has 0 aromatic heterocycles. The Bertz CT molecular complexity index is 379. The minimum Gasteiger partial charge on any atom is -0.497 e. The van der Waals surface area contributed by atoms with Gasteiger partial charge in [0, 0.05) is 12.1 Å². The van der Waals surface area contributed by atoms with Crippen LogP contribution in [0, 0.1) is 5.92 Å². The molecule has 0 aliphatic heterocycles. The number of rotatable bonds is 5. The van der Waals surface area contributed by atoms with E-state index in [2.05, 4.69) is 31.3 Å². The standard InChI is InChI=1S/C18H29NO/c1-14(16-8-6-4-5-7-9-16)19-15(2)17-10-12-18(20-3)13-11-17/h10-16,19H,4-9H2,1-3H3/t14-,15?/m1/s1. The maximum atomic E-state index is 5.22. The zero-order valence-corrected chi connectivity index (χ0v) is 13.2. The van der Waals surface area contributed by atoms with Crippen molar-refractivity contribution in [2.24, 2.45) is 5.92 Å². The molecule has 2 heteroatoms. The molecule has 1 fully saturated rings. The Hall–Kier alpha value is -1.02. The average Bonchev–Trinajstić information content (AvgIpc) is 2.76. The number of hydrogen-bond donors (Lipinski definition) is 1. The van der Waals surface area contributed by atoms with Crippen molar-refractivity contribution in [1.82, 2.24) is 5.32 Å². The summed E-state index contributed by atoms with van der Waals surface area (Å²) in [4.78, 5) is 0. The minimum atomic E-state index is 0.402. The normalized spacial score (nSPS) is 20.1. The van der Waals surface area contributed by atoms with E-state index in [-0.39, 0.29) is 0 Å². The monoisotopic (exact) mass is 275 g/mol. The molecule has 2 nitrogen and oxygen atoms in total. The number of hydrogen-bond acceptors (Lipinski definition) is 2. The molecule has 2 rings (SSSR count). The lowest BCUT2D eigenvalue weighted by molar-refractivity contribution is 0.316. The molecule has 1 aliphatic rings. The third-order valence-corrected chi connectivity index (χ3v) is 4.74. The summed E-state index contributed by atoms with van der Waals surface area (Å²) in [5.41, 5.74) is 1.34. The van der Waals surface area contributed by atoms with Crippen molar-refractivity contribution in [2.45, 2.75) is 64.5 Å². The van der Waals surface area contributed by atoms with Crippen molar-refractivity contribution in [2.75, 3.05) is 7.11 Å². The van der Waals surface area contributed by atoms with E-state index in [1.165, 1.54) is 44.1 Å². The molecule has 0 spiro atoms. The van der Waals surface area contributed by atoms with Crippen LogP contribution >= 0.6 is 0 Å². The fourth-order valence-corrected chi connectivity index (χ4v) is 3.33. The summed E-state index contributed by atoms with van der Waals surface area (Å²) >= 11 is 0. The van der Waals surface area contributed by atoms with Crippen LogP contribution in [0.5, 0.6) is 5.75 Å². The molecule has 112 valence electrons. The summed E-state index contributed by atoms with van der Waals surface area (Å²) in [7, 11) is 1.71. The Labute approximate surface area is 123 Å². The van der Waals surface area contributed by atoms with Gasteiger partial charge in [0.05, 0.1) is 7.11 Å². The van der Waals surface area contributed by atoms with Gasteiger partial charge in [0.1, 0.15) is 5.75 Å². The van der Waals surface area contributed by atoms with Crippen LogP contribution in [0.1, 0.15) is 64.0 Å². The van der Waals surface area contributed by atoms with Gasteiger partial charge in [-0.05, 0) is 50.3 Å². The van der Waals surface area contributed by atoms with Crippen molar-refractivity contribution < 1.29 is 4.74 Å². The van der Waals surface area contributed by atoms with Crippen LogP contribution in [-0.4, -0.2) is 13.2 Å². The summed E-state index contributed by atoms with van der Waals surface area (Å²) in [5.74, 6) is 1.77. The molecule has 1 N–H and O–H groups in total. The van der Waals surface area contributed by atoms with Crippen LogP contribution in [0.2, 0.25) is 0 Å². The van der Waals surface area contributed by atoms with Gasteiger partial charge in [0.2, 0.25) is 0 Å². The zero-order chi connectivity index (χ0) is 14.4. The van der Waals surface area contributed by atoms with Gasteiger partial charge in [-0.15, -0.1) is 0 Å². The fourth-order valence-electron chi connectivity index (χ4n) is 3.33. The van der Waals surface area contributed by atoms with Crippen LogP contribution in [0.25, 0.3) is 0 Å². The summed E-state index contributed by atoms with van der Waals surface area (Å²) in [5, 5.41) is 3.79. The summed E-state index contributed by atoms with van der Waals surface area (Å²) < 4.78 is 5.22. The Morgan fingerprint density at radius 1 is 1.00 bits per heavy atom. The quantitative estimate of drug-likeness (QED) is 0.786. The van der Waals surface area contributed by atoms with Crippen molar-refractivity contribution in [1.29, 1.82) is 0 Å². The molecule has 1 aromatic carbocycles. The molecule has 20 heavy (non-hydrogen) atoms. The van der Waals surface area contributed by atoms with Gasteiger partial charge in [0.25, 0.3) is 0 Å². The third-order valence-electron chi connectivity index (χ3n) is 4.74. The highest BCUT2D eigenvalue weighted by Crippen LogP contribution is 2.27. The van der Waals surface area contributed by atoms with Crippen LogP contribution in [-0.2, 0) is 0 Å². The van der Waals surface area contributed by atoms with Crippen molar-refractivity contribution in [3.8, 4) is 5.75 Å². The zero-order valence-electron chi connectivity index (χ0n) is 13.2. The summed E-state index contributed by atoms with van der Waals surface area (Å²) in [6.07, 6.45) is 8.46. The molecule has 0 saturated heterocycles. The van der Waals surface area contributed by atoms with E-state index in [4.69, 9.17) is 4.74 Å². The lowest BCUT2D eigenvalue weighted by atomic mass is 9.92. The molecule has 0 heterocycles. The molecule has 0 radical (unpaired) electrons. The minimum absolute atomic E-state index is 0.402. The lowest BCUT2D eigenvalue weighted by Gasteiger charge is -2.27. The largest absolute Gasteiger partial charge is 0.497 e. The van der Waals surface area contributed by atoms with Crippen LogP contribution in [0.3, 0.4) is 0 Å². The molecular formula is C18H29NO. The highest BCUT2D eigenvalue weighted by molar-refractivity contribution is 5.28. The van der Waals surface area contributed by atoms with E-state index in [1.54, 1.807) is 7.11 Å². The topological polar surface area (TPSA) is 21.3 Å². The van der Waals surface area contributed by atoms with Crippen LogP contribution < -0.4 is 10.1 Å². The second-order valence-corrected chi connectivity index (χ2v) is 6.20. The molecule has 1 unspecified atom stereocenters. The maximum Gasteiger partial charge on any atom is 0.118 e. The van der Waals surface area contributed by atoms with E-state index in [0.29, 0.717) is 12.1 Å². The highest BCUT2D eigenvalue weighted by atomic mass is 16.5. The molecular weight excluding hydrogens is 246 g/mol. The van der Waals surface area contributed by atoms with Gasteiger partial charge >= 0.3 is 0 Å². The molecule has 1 saturated carbocycles. The maximum absolute atomic E-state index is 5.22. The summed E-state index contributed by atoms with van der Waals surface area (Å²) in [6.45, 7) is 4.62. The first-order valence-corrected chi connectivity index (χ1v) is 8.10. The highest BCUT2D eigenvalue weighted by Gasteiger charge is 2.20. The number of ether oxygens (including phenoxy) is 1. The predicted molar refractivity (Wildman–Crippen MR) is 85.2 cm³/mol. The number of methoxy groups -OCH3 is 1. The average molecular weight is 275 g/mol. The molecule has 0 amide bonds. The third kappa shape index (κ3) is 4.24. The lowest BCUT2D eigenvalue weighted by Crippen LogP contribution is -2.35. The predicted octanol–water partition coefficient (Wildman–Crippen LogP) is 4.70. The Morgan fingerprint density at radius 2 is 1.60 bits per heavy atom. The van der Waals surface area contributed by atoms with Crippen LogP contribution in [0.15, 0.2) is 24.3 Å². The van der Waals surface area contributed by atoms with Crippen molar-refractivity contribution in [3.63, 3.8) is 0 Å². The number of benzene rings is 1. The first-order valence-electron chi connectivity index (χ1n) is 8.10. The van der Waals surface area contributed by atoms with E-state index in [9.17, 15) is 0 Å². The van der Waals surface area contributed by atoms with Crippen LogP contribution in [0.4, 0.5) is 0 Å². The van der Waals surface area contributed by atoms with Crippen molar-refractivity contribution in [3.05, 3.63) is 29.8 Å². The molecule has 2 atom stereocenters. The van der Waals surface area contributed by atoms with Crippen molar-refractivity contribution >= 4 is 0 Å². The Balaban J connectivity index is 1.89. The molecule has 1 aliphatic carbocycles. The van der Waals surface area contributed by atoms with E-state index in [0.717, 1.165) is 11.7 Å². The van der Waals surface area contributed by atoms with Gasteiger partial charge in [-0.25, -0.2) is 0 Å². The summed E-state index contributed by atoms with van der Waals surface area (Å²) in [6, 6.07) is 9.42. The van der Waals surface area contributed by atoms with Gasteiger partial charge < -0.3 is 10.1 Å². The SMILES string of the molecule is COc1ccc(C(C)N[C@H](C)C2CCCCCC2)cc1. The van der Waals surface area contributed by atoms with E-state index < -0.39 is 0 Å². The van der Waals surface area contributed by atoms with Gasteiger partial charge in [-0.1, -0.05) is 37.8 Å². The Kier molecular flexibility index (Phi) is 5.90. The Morgan fingerprint density at radius 3 is 2.15 bits per heavy atom. The second-order valence-electron chi connectivity index (χ2n) is 6.20. The first kappa shape index (κ1) is 15.4. The molecule has 0 bridgehead atoms. The number of nitrogens with one attached hydrogen (secondary N) is 1. The molecule has 1 aromatic rings. The fraction of sp³-hybridized carbons (Fsp3) is 0.667. The van der Waals surface area contributed by atoms with Gasteiger partial charge in [0.15, 0.2) is 0 Å². The second kappa shape index (κ2) is 7.68. The van der Waals surface area contributed by atoms with Gasteiger partial charge in [-0.2, -0.15) is 0 Å². The van der Waals surface area contributed by atoms with E-state index in [1.807, 2.05) is 12.1 Å². The smallest absolute Gasteiger partial charge is 0.118 e. The van der Waals surface area contributed by atoms with Gasteiger partial charge in [-0.3, -0.25) is 0 Å².